The fourth-order valence-corrected chi connectivity index (χ4v) is 4.03. The van der Waals surface area contributed by atoms with Crippen molar-refractivity contribution in [3.8, 4) is 0 Å². The number of nitrogens with two attached hydrogens (primary N) is 1. The fraction of sp³-hybridized carbons (Fsp3) is 0.571. The Morgan fingerprint density at radius 3 is 2.45 bits per heavy atom. The molecule has 2 fully saturated rings. The summed E-state index contributed by atoms with van der Waals surface area (Å²) in [6.45, 7) is 4.18. The molecule has 3 rings (SSSR count). The maximum absolute atomic E-state index is 13.0. The van der Waals surface area contributed by atoms with Gasteiger partial charge in [-0.15, -0.1) is 12.4 Å². The predicted molar refractivity (Wildman–Crippen MR) is 113 cm³/mol. The maximum atomic E-state index is 13.0. The topological polar surface area (TPSA) is 105 Å². The van der Waals surface area contributed by atoms with Gasteiger partial charge < -0.3 is 21.3 Å². The van der Waals surface area contributed by atoms with E-state index >= 15 is 0 Å². The number of fused-ring (bicyclic) bond motifs is 1. The minimum atomic E-state index is -0.644. The number of benzene rings is 1. The summed E-state index contributed by atoms with van der Waals surface area (Å²) in [4.78, 5) is 39.7. The molecule has 4 N–H and O–H groups in total. The van der Waals surface area contributed by atoms with Crippen molar-refractivity contribution in [2.75, 3.05) is 0 Å². The molecule has 1 aromatic rings. The van der Waals surface area contributed by atoms with E-state index in [1.165, 1.54) is 0 Å². The molecular weight excluding hydrogens is 392 g/mol. The van der Waals surface area contributed by atoms with Gasteiger partial charge in [0.2, 0.25) is 17.7 Å². The zero-order chi connectivity index (χ0) is 20.3. The minimum Gasteiger partial charge on any atom is -0.350 e. The molecule has 0 bridgehead atoms. The second-order valence-electron chi connectivity index (χ2n) is 8.10. The Hall–Kier alpha value is -2.12. The van der Waals surface area contributed by atoms with Crippen molar-refractivity contribution in [2.45, 2.75) is 70.2 Å². The van der Waals surface area contributed by atoms with Crippen LogP contribution in [0.2, 0.25) is 0 Å². The third kappa shape index (κ3) is 5.28. The van der Waals surface area contributed by atoms with Crippen LogP contribution in [0.3, 0.4) is 0 Å². The minimum absolute atomic E-state index is 0. The quantitative estimate of drug-likeness (QED) is 0.643. The van der Waals surface area contributed by atoms with Crippen LogP contribution in [0.15, 0.2) is 30.3 Å². The Morgan fingerprint density at radius 1 is 1.14 bits per heavy atom. The van der Waals surface area contributed by atoms with E-state index in [4.69, 9.17) is 5.73 Å². The van der Waals surface area contributed by atoms with Gasteiger partial charge in [0.1, 0.15) is 12.1 Å². The molecule has 4 atom stereocenters. The molecule has 7 nitrogen and oxygen atoms in total. The first kappa shape index (κ1) is 23.2. The van der Waals surface area contributed by atoms with Crippen LogP contribution in [-0.4, -0.2) is 46.8 Å². The van der Waals surface area contributed by atoms with Crippen molar-refractivity contribution < 1.29 is 14.4 Å². The number of carbonyl (C=O) groups excluding carboxylic acids is 3. The molecule has 3 amide bonds. The van der Waals surface area contributed by atoms with Gasteiger partial charge in [0.15, 0.2) is 0 Å². The summed E-state index contributed by atoms with van der Waals surface area (Å²) in [5, 5.41) is 5.74. The predicted octanol–water partition coefficient (Wildman–Crippen LogP) is 1.35. The summed E-state index contributed by atoms with van der Waals surface area (Å²) < 4.78 is 0. The summed E-state index contributed by atoms with van der Waals surface area (Å²) in [6, 6.07) is 8.04. The smallest absolute Gasteiger partial charge is 0.246 e. The molecule has 0 saturated carbocycles. The largest absolute Gasteiger partial charge is 0.350 e. The molecule has 2 heterocycles. The average Bonchev–Trinajstić information content (AvgIpc) is 3.13. The second kappa shape index (κ2) is 10.1. The van der Waals surface area contributed by atoms with Gasteiger partial charge in [-0.2, -0.15) is 0 Å². The van der Waals surface area contributed by atoms with Crippen molar-refractivity contribution >= 4 is 30.1 Å². The van der Waals surface area contributed by atoms with Crippen LogP contribution >= 0.6 is 12.4 Å². The Bertz CT molecular complexity index is 728. The van der Waals surface area contributed by atoms with E-state index in [1.807, 2.05) is 44.2 Å². The number of nitrogens with one attached hydrogen (secondary N) is 2. The van der Waals surface area contributed by atoms with E-state index in [0.29, 0.717) is 19.4 Å². The molecule has 29 heavy (non-hydrogen) atoms. The number of nitrogens with zero attached hydrogens (tertiary/aromatic N) is 1. The first-order valence-electron chi connectivity index (χ1n) is 10.1. The van der Waals surface area contributed by atoms with E-state index in [0.717, 1.165) is 18.4 Å². The number of halogens is 1. The SMILES string of the molecule is CC(C)[C@H](N)C(=O)NC1CC[C@H]2CC[C@@H](C(=O)NCc3ccccc3)N2C1=O.Cl. The van der Waals surface area contributed by atoms with E-state index in [1.54, 1.807) is 4.90 Å². The van der Waals surface area contributed by atoms with Crippen molar-refractivity contribution in [1.29, 1.82) is 0 Å². The molecule has 2 aliphatic rings. The highest BCUT2D eigenvalue weighted by Crippen LogP contribution is 2.32. The van der Waals surface area contributed by atoms with E-state index in [9.17, 15) is 14.4 Å². The molecule has 0 aromatic heterocycles. The first-order chi connectivity index (χ1) is 13.4. The van der Waals surface area contributed by atoms with Gasteiger partial charge >= 0.3 is 0 Å². The number of rotatable bonds is 6. The monoisotopic (exact) mass is 422 g/mol. The highest BCUT2D eigenvalue weighted by Gasteiger charge is 2.46. The van der Waals surface area contributed by atoms with Crippen LogP contribution in [0.5, 0.6) is 0 Å². The van der Waals surface area contributed by atoms with E-state index in [2.05, 4.69) is 10.6 Å². The molecule has 160 valence electrons. The van der Waals surface area contributed by atoms with Crippen molar-refractivity contribution in [1.82, 2.24) is 15.5 Å². The summed E-state index contributed by atoms with van der Waals surface area (Å²) in [5.74, 6) is -0.616. The lowest BCUT2D eigenvalue weighted by Crippen LogP contribution is -2.60. The van der Waals surface area contributed by atoms with E-state index < -0.39 is 18.1 Å². The summed E-state index contributed by atoms with van der Waals surface area (Å²) in [6.07, 6.45) is 2.86. The lowest BCUT2D eigenvalue weighted by molar-refractivity contribution is -0.146. The maximum Gasteiger partial charge on any atom is 0.246 e. The molecule has 0 spiro atoms. The van der Waals surface area contributed by atoms with Crippen molar-refractivity contribution in [3.63, 3.8) is 0 Å². The average molecular weight is 423 g/mol. The first-order valence-corrected chi connectivity index (χ1v) is 10.1. The lowest BCUT2D eigenvalue weighted by Gasteiger charge is -2.38. The molecule has 8 heteroatoms. The highest BCUT2D eigenvalue weighted by molar-refractivity contribution is 5.94. The van der Waals surface area contributed by atoms with Gasteiger partial charge in [0.25, 0.3) is 0 Å². The highest BCUT2D eigenvalue weighted by atomic mass is 35.5. The second-order valence-corrected chi connectivity index (χ2v) is 8.10. The van der Waals surface area contributed by atoms with Crippen molar-refractivity contribution in [3.05, 3.63) is 35.9 Å². The normalized spacial score (nSPS) is 24.5. The van der Waals surface area contributed by atoms with Gasteiger partial charge in [-0.1, -0.05) is 44.2 Å². The Kier molecular flexibility index (Phi) is 8.05. The molecule has 0 aliphatic carbocycles. The zero-order valence-electron chi connectivity index (χ0n) is 17.0. The Labute approximate surface area is 178 Å². The lowest BCUT2D eigenvalue weighted by atomic mass is 9.97. The summed E-state index contributed by atoms with van der Waals surface area (Å²) >= 11 is 0. The molecule has 2 aliphatic heterocycles. The van der Waals surface area contributed by atoms with Crippen LogP contribution in [-0.2, 0) is 20.9 Å². The number of hydrogen-bond donors (Lipinski definition) is 3. The standard InChI is InChI=1S/C21H30N4O3.ClH/c1-13(2)18(22)20(27)24-16-10-8-15-9-11-17(25(15)21(16)28)19(26)23-12-14-6-4-3-5-7-14;/h3-7,13,15-18H,8-12,22H2,1-2H3,(H,23,26)(H,24,27);1H/t15-,16?,17-,18-;/m0./s1. The molecule has 1 aromatic carbocycles. The van der Waals surface area contributed by atoms with Crippen LogP contribution in [0.25, 0.3) is 0 Å². The molecule has 2 saturated heterocycles. The van der Waals surface area contributed by atoms with Crippen LogP contribution < -0.4 is 16.4 Å². The zero-order valence-corrected chi connectivity index (χ0v) is 17.8. The molecule has 1 unspecified atom stereocenters. The third-order valence-corrected chi connectivity index (χ3v) is 5.79. The fourth-order valence-electron chi connectivity index (χ4n) is 4.03. The Balaban J connectivity index is 0.00000300. The van der Waals surface area contributed by atoms with Gasteiger partial charge in [-0.05, 0) is 37.2 Å². The molecule has 0 radical (unpaired) electrons. The van der Waals surface area contributed by atoms with Gasteiger partial charge in [0.05, 0.1) is 6.04 Å². The van der Waals surface area contributed by atoms with Crippen LogP contribution in [0.4, 0.5) is 0 Å². The summed E-state index contributed by atoms with van der Waals surface area (Å²) in [7, 11) is 0. The van der Waals surface area contributed by atoms with Gasteiger partial charge in [0, 0.05) is 12.6 Å². The third-order valence-electron chi connectivity index (χ3n) is 5.79. The van der Waals surface area contributed by atoms with Gasteiger partial charge in [-0.25, -0.2) is 0 Å². The van der Waals surface area contributed by atoms with Crippen molar-refractivity contribution in [2.24, 2.45) is 11.7 Å². The number of carbonyl (C=O) groups is 3. The van der Waals surface area contributed by atoms with Crippen LogP contribution in [0.1, 0.15) is 45.1 Å². The van der Waals surface area contributed by atoms with Crippen LogP contribution in [0, 0.1) is 5.92 Å². The number of piperidine rings is 1. The molecular formula is C21H31ClN4O3. The Morgan fingerprint density at radius 2 is 1.79 bits per heavy atom. The number of amides is 3. The van der Waals surface area contributed by atoms with E-state index in [-0.39, 0.29) is 42.1 Å². The van der Waals surface area contributed by atoms with Gasteiger partial charge in [-0.3, -0.25) is 14.4 Å². The number of hydrogen-bond acceptors (Lipinski definition) is 4. The summed E-state index contributed by atoms with van der Waals surface area (Å²) in [5.41, 5.74) is 6.92.